The van der Waals surface area contributed by atoms with Gasteiger partial charge in [0.1, 0.15) is 5.84 Å². The molecule has 0 bridgehead atoms. The van der Waals surface area contributed by atoms with Gasteiger partial charge < -0.3 is 15.5 Å². The van der Waals surface area contributed by atoms with Gasteiger partial charge in [0.05, 0.1) is 0 Å². The molecule has 2 rings (SSSR count). The van der Waals surface area contributed by atoms with Gasteiger partial charge in [0.25, 0.3) is 0 Å². The summed E-state index contributed by atoms with van der Waals surface area (Å²) >= 11 is 0. The van der Waals surface area contributed by atoms with Crippen molar-refractivity contribution in [3.63, 3.8) is 0 Å². The van der Waals surface area contributed by atoms with E-state index in [1.165, 1.54) is 13.8 Å². The van der Waals surface area contributed by atoms with Gasteiger partial charge in [0, 0.05) is 5.56 Å². The molecule has 86 valence electrons. The van der Waals surface area contributed by atoms with E-state index in [2.05, 4.69) is 10.3 Å². The van der Waals surface area contributed by atoms with Gasteiger partial charge in [-0.05, 0) is 26.8 Å². The highest BCUT2D eigenvalue weighted by molar-refractivity contribution is 6.00. The van der Waals surface area contributed by atoms with Crippen molar-refractivity contribution >= 4 is 5.84 Å². The van der Waals surface area contributed by atoms with E-state index in [0.29, 0.717) is 5.84 Å². The van der Waals surface area contributed by atoms with Crippen molar-refractivity contribution in [1.82, 2.24) is 5.32 Å². The first kappa shape index (κ1) is 11.1. The van der Waals surface area contributed by atoms with Crippen LogP contribution in [0.1, 0.15) is 25.0 Å². The van der Waals surface area contributed by atoms with Gasteiger partial charge in [-0.2, -0.15) is 0 Å². The van der Waals surface area contributed by atoms with Crippen LogP contribution >= 0.6 is 0 Å². The minimum Gasteiger partial charge on any atom is -0.367 e. The molecule has 0 aliphatic carbocycles. The number of amidine groups is 1. The van der Waals surface area contributed by atoms with Gasteiger partial charge in [0.15, 0.2) is 5.72 Å². The fraction of sp³-hybridized carbons (Fsp3) is 0.417. The van der Waals surface area contributed by atoms with E-state index in [9.17, 15) is 10.2 Å². The lowest BCUT2D eigenvalue weighted by atomic mass is 10.1. The van der Waals surface area contributed by atoms with Gasteiger partial charge in [-0.3, -0.25) is 0 Å². The molecule has 0 amide bonds. The summed E-state index contributed by atoms with van der Waals surface area (Å²) in [6.45, 7) is 4.96. The Balaban J connectivity index is 2.39. The van der Waals surface area contributed by atoms with Gasteiger partial charge >= 0.3 is 0 Å². The van der Waals surface area contributed by atoms with E-state index >= 15 is 0 Å². The molecule has 1 aliphatic rings. The lowest BCUT2D eigenvalue weighted by Crippen LogP contribution is -2.54. The summed E-state index contributed by atoms with van der Waals surface area (Å²) in [6.07, 6.45) is 0. The molecule has 0 spiro atoms. The second-order valence-corrected chi connectivity index (χ2v) is 4.55. The van der Waals surface area contributed by atoms with Crippen LogP contribution in [0.3, 0.4) is 0 Å². The van der Waals surface area contributed by atoms with Crippen molar-refractivity contribution in [2.75, 3.05) is 0 Å². The van der Waals surface area contributed by atoms with Crippen molar-refractivity contribution in [3.05, 3.63) is 35.4 Å². The Hall–Kier alpha value is -1.39. The van der Waals surface area contributed by atoms with Crippen LogP contribution in [-0.2, 0) is 0 Å². The van der Waals surface area contributed by atoms with Gasteiger partial charge in [0.2, 0.25) is 5.72 Å². The minimum absolute atomic E-state index is 0.513. The first-order chi connectivity index (χ1) is 7.32. The zero-order chi connectivity index (χ0) is 12.0. The summed E-state index contributed by atoms with van der Waals surface area (Å²) in [5.74, 6) is 0.513. The second-order valence-electron chi connectivity index (χ2n) is 4.55. The molecule has 1 aromatic rings. The summed E-state index contributed by atoms with van der Waals surface area (Å²) in [5.41, 5.74) is -0.982. The molecule has 1 heterocycles. The van der Waals surface area contributed by atoms with E-state index in [1.54, 1.807) is 0 Å². The fourth-order valence-corrected chi connectivity index (χ4v) is 1.63. The Kier molecular flexibility index (Phi) is 2.29. The molecule has 0 aromatic heterocycles. The maximum Gasteiger partial charge on any atom is 0.203 e. The molecule has 0 saturated heterocycles. The Morgan fingerprint density at radius 2 is 1.94 bits per heavy atom. The standard InChI is InChI=1S/C12H16N2O2/c1-8-5-4-6-9(7-8)10-13-11(2,15)12(3,16)14-10/h4-7,15-16H,1-3H3,(H,13,14)/t11-,12-/m1/s1. The summed E-state index contributed by atoms with van der Waals surface area (Å²) < 4.78 is 0. The minimum atomic E-state index is -1.51. The smallest absolute Gasteiger partial charge is 0.203 e. The molecule has 4 nitrogen and oxygen atoms in total. The predicted octanol–water partition coefficient (Wildman–Crippen LogP) is 0.762. The van der Waals surface area contributed by atoms with Crippen molar-refractivity contribution in [2.24, 2.45) is 4.99 Å². The molecule has 3 N–H and O–H groups in total. The summed E-state index contributed by atoms with van der Waals surface area (Å²) in [4.78, 5) is 4.10. The van der Waals surface area contributed by atoms with E-state index in [1.807, 2.05) is 31.2 Å². The van der Waals surface area contributed by atoms with Gasteiger partial charge in [-0.15, -0.1) is 0 Å². The topological polar surface area (TPSA) is 64.9 Å². The highest BCUT2D eigenvalue weighted by atomic mass is 16.4. The maximum atomic E-state index is 9.95. The van der Waals surface area contributed by atoms with E-state index in [-0.39, 0.29) is 0 Å². The number of nitrogens with one attached hydrogen (secondary N) is 1. The molecule has 16 heavy (non-hydrogen) atoms. The lowest BCUT2D eigenvalue weighted by molar-refractivity contribution is -0.122. The van der Waals surface area contributed by atoms with E-state index < -0.39 is 11.4 Å². The van der Waals surface area contributed by atoms with Crippen LogP contribution in [0.25, 0.3) is 0 Å². The summed E-state index contributed by atoms with van der Waals surface area (Å²) in [6, 6.07) is 7.73. The zero-order valence-corrected chi connectivity index (χ0v) is 9.65. The number of rotatable bonds is 1. The highest BCUT2D eigenvalue weighted by Gasteiger charge is 2.47. The molecule has 0 radical (unpaired) electrons. The van der Waals surface area contributed by atoms with Crippen molar-refractivity contribution in [2.45, 2.75) is 32.2 Å². The van der Waals surface area contributed by atoms with Crippen LogP contribution in [-0.4, -0.2) is 27.5 Å². The number of hydrogen-bond donors (Lipinski definition) is 3. The number of nitrogens with zero attached hydrogens (tertiary/aromatic N) is 1. The number of aryl methyl sites for hydroxylation is 1. The molecule has 0 unspecified atom stereocenters. The number of hydrogen-bond acceptors (Lipinski definition) is 4. The molecule has 0 fully saturated rings. The van der Waals surface area contributed by atoms with E-state index in [0.717, 1.165) is 11.1 Å². The number of aliphatic imine (C=N–C) groups is 1. The summed E-state index contributed by atoms with van der Waals surface area (Å²) in [5, 5.41) is 22.7. The van der Waals surface area contributed by atoms with Crippen LogP contribution in [0.15, 0.2) is 29.3 Å². The Morgan fingerprint density at radius 1 is 1.25 bits per heavy atom. The predicted molar refractivity (Wildman–Crippen MR) is 62.1 cm³/mol. The molecule has 1 aliphatic heterocycles. The van der Waals surface area contributed by atoms with Crippen LogP contribution < -0.4 is 5.32 Å². The monoisotopic (exact) mass is 220 g/mol. The highest BCUT2D eigenvalue weighted by Crippen LogP contribution is 2.27. The molecule has 0 saturated carbocycles. The second kappa shape index (κ2) is 3.30. The quantitative estimate of drug-likeness (QED) is 0.654. The van der Waals surface area contributed by atoms with Crippen LogP contribution in [0.5, 0.6) is 0 Å². The third-order valence-electron chi connectivity index (χ3n) is 2.91. The first-order valence-electron chi connectivity index (χ1n) is 5.22. The molecule has 1 aromatic carbocycles. The van der Waals surface area contributed by atoms with Crippen LogP contribution in [0.2, 0.25) is 0 Å². The molecule has 4 heteroatoms. The Bertz CT molecular complexity index is 450. The van der Waals surface area contributed by atoms with Gasteiger partial charge in [-0.1, -0.05) is 23.8 Å². The van der Waals surface area contributed by atoms with Crippen molar-refractivity contribution < 1.29 is 10.2 Å². The third kappa shape index (κ3) is 1.70. The summed E-state index contributed by atoms with van der Waals surface area (Å²) in [7, 11) is 0. The fourth-order valence-electron chi connectivity index (χ4n) is 1.63. The largest absolute Gasteiger partial charge is 0.367 e. The molecular weight excluding hydrogens is 204 g/mol. The first-order valence-corrected chi connectivity index (χ1v) is 5.22. The zero-order valence-electron chi connectivity index (χ0n) is 9.65. The SMILES string of the molecule is Cc1cccc(C2=N[C@](C)(O)[C@@](C)(O)N2)c1. The normalized spacial score (nSPS) is 33.4. The van der Waals surface area contributed by atoms with Gasteiger partial charge in [-0.25, -0.2) is 4.99 Å². The van der Waals surface area contributed by atoms with Crippen LogP contribution in [0.4, 0.5) is 0 Å². The molecule has 2 atom stereocenters. The number of benzene rings is 1. The third-order valence-corrected chi connectivity index (χ3v) is 2.91. The van der Waals surface area contributed by atoms with Crippen molar-refractivity contribution in [3.8, 4) is 0 Å². The number of aliphatic hydroxyl groups is 2. The maximum absolute atomic E-state index is 9.95. The average molecular weight is 220 g/mol. The Labute approximate surface area is 94.6 Å². The van der Waals surface area contributed by atoms with Crippen molar-refractivity contribution in [1.29, 1.82) is 0 Å². The lowest BCUT2D eigenvalue weighted by Gasteiger charge is -2.29. The molecular formula is C12H16N2O2. The Morgan fingerprint density at radius 3 is 2.44 bits per heavy atom. The van der Waals surface area contributed by atoms with Crippen LogP contribution in [0, 0.1) is 6.92 Å². The average Bonchev–Trinajstić information content (AvgIpc) is 2.36. The van der Waals surface area contributed by atoms with E-state index in [4.69, 9.17) is 0 Å².